The third kappa shape index (κ3) is 4.58. The maximum Gasteiger partial charge on any atom is 0.303 e. The van der Waals surface area contributed by atoms with Crippen LogP contribution in [-0.2, 0) is 16.1 Å². The van der Waals surface area contributed by atoms with Crippen LogP contribution in [0.4, 0.5) is 5.69 Å². The SMILES string of the molecule is Cc1c(NC(=O)CCCC(=O)O)ccc2cc(CN3CCCC3)cnc12. The van der Waals surface area contributed by atoms with Gasteiger partial charge in [0.25, 0.3) is 0 Å². The molecule has 0 atom stereocenters. The first kappa shape index (κ1) is 18.3. The van der Waals surface area contributed by atoms with E-state index in [1.807, 2.05) is 25.3 Å². The van der Waals surface area contributed by atoms with E-state index in [0.29, 0.717) is 6.42 Å². The summed E-state index contributed by atoms with van der Waals surface area (Å²) in [6.45, 7) is 5.19. The standard InChI is InChI=1S/C20H25N3O3/c1-14-17(22-18(24)5-4-6-19(25)26)8-7-16-11-15(12-21-20(14)16)13-23-9-2-3-10-23/h7-8,11-12H,2-6,9-10,13H2,1H3,(H,22,24)(H,25,26). The Balaban J connectivity index is 1.69. The number of hydrogen-bond donors (Lipinski definition) is 2. The number of aryl methyl sites for hydroxylation is 1. The number of nitrogens with one attached hydrogen (secondary N) is 1. The van der Waals surface area contributed by atoms with Gasteiger partial charge in [0.1, 0.15) is 0 Å². The molecule has 1 saturated heterocycles. The van der Waals surface area contributed by atoms with E-state index < -0.39 is 5.97 Å². The Kier molecular flexibility index (Phi) is 5.83. The number of nitrogens with zero attached hydrogens (tertiary/aromatic N) is 2. The van der Waals surface area contributed by atoms with Gasteiger partial charge in [-0.1, -0.05) is 6.07 Å². The summed E-state index contributed by atoms with van der Waals surface area (Å²) in [6, 6.07) is 6.05. The summed E-state index contributed by atoms with van der Waals surface area (Å²) in [7, 11) is 0. The van der Waals surface area contributed by atoms with Gasteiger partial charge in [-0.2, -0.15) is 0 Å². The first-order valence-corrected chi connectivity index (χ1v) is 9.15. The second-order valence-electron chi connectivity index (χ2n) is 6.93. The number of carbonyl (C=O) groups is 2. The number of aliphatic carboxylic acids is 1. The van der Waals surface area contributed by atoms with Crippen molar-refractivity contribution in [2.24, 2.45) is 0 Å². The Morgan fingerprint density at radius 1 is 1.23 bits per heavy atom. The van der Waals surface area contributed by atoms with E-state index in [-0.39, 0.29) is 18.7 Å². The van der Waals surface area contributed by atoms with Crippen molar-refractivity contribution in [1.82, 2.24) is 9.88 Å². The van der Waals surface area contributed by atoms with Gasteiger partial charge in [0.2, 0.25) is 5.91 Å². The number of hydrogen-bond acceptors (Lipinski definition) is 4. The van der Waals surface area contributed by atoms with E-state index in [2.05, 4.69) is 21.3 Å². The van der Waals surface area contributed by atoms with Gasteiger partial charge < -0.3 is 10.4 Å². The zero-order valence-electron chi connectivity index (χ0n) is 15.1. The fourth-order valence-corrected chi connectivity index (χ4v) is 3.43. The number of carboxylic acids is 1. The second-order valence-corrected chi connectivity index (χ2v) is 6.93. The summed E-state index contributed by atoms with van der Waals surface area (Å²) in [4.78, 5) is 29.6. The lowest BCUT2D eigenvalue weighted by Gasteiger charge is -2.15. The maximum atomic E-state index is 12.0. The first-order chi connectivity index (χ1) is 12.5. The van der Waals surface area contributed by atoms with Gasteiger partial charge >= 0.3 is 5.97 Å². The molecule has 138 valence electrons. The van der Waals surface area contributed by atoms with E-state index in [4.69, 9.17) is 5.11 Å². The molecule has 0 aliphatic carbocycles. The highest BCUT2D eigenvalue weighted by atomic mass is 16.4. The summed E-state index contributed by atoms with van der Waals surface area (Å²) in [5.74, 6) is -1.05. The summed E-state index contributed by atoms with van der Waals surface area (Å²) in [5, 5.41) is 12.6. The van der Waals surface area contributed by atoms with Crippen LogP contribution in [-0.4, -0.2) is 40.0 Å². The van der Waals surface area contributed by atoms with E-state index in [9.17, 15) is 9.59 Å². The maximum absolute atomic E-state index is 12.0. The van der Waals surface area contributed by atoms with E-state index in [1.54, 1.807) is 0 Å². The van der Waals surface area contributed by atoms with Crippen molar-refractivity contribution in [3.63, 3.8) is 0 Å². The van der Waals surface area contributed by atoms with Crippen molar-refractivity contribution in [3.8, 4) is 0 Å². The summed E-state index contributed by atoms with van der Waals surface area (Å²) in [6.07, 6.45) is 5.01. The molecule has 2 heterocycles. The summed E-state index contributed by atoms with van der Waals surface area (Å²) < 4.78 is 0. The number of fused-ring (bicyclic) bond motifs is 1. The van der Waals surface area contributed by atoms with E-state index in [1.165, 1.54) is 18.4 Å². The quantitative estimate of drug-likeness (QED) is 0.796. The van der Waals surface area contributed by atoms with Gasteiger partial charge in [0.15, 0.2) is 0 Å². The monoisotopic (exact) mass is 355 g/mol. The molecule has 6 heteroatoms. The van der Waals surface area contributed by atoms with Crippen molar-refractivity contribution in [1.29, 1.82) is 0 Å². The van der Waals surface area contributed by atoms with Crippen LogP contribution in [0.5, 0.6) is 0 Å². The summed E-state index contributed by atoms with van der Waals surface area (Å²) >= 11 is 0. The van der Waals surface area contributed by atoms with Gasteiger partial charge in [-0.3, -0.25) is 19.5 Å². The number of likely N-dealkylation sites (tertiary alicyclic amines) is 1. The van der Waals surface area contributed by atoms with Gasteiger partial charge in [-0.05, 0) is 62.5 Å². The molecular formula is C20H25N3O3. The van der Waals surface area contributed by atoms with E-state index >= 15 is 0 Å². The van der Waals surface area contributed by atoms with Crippen LogP contribution in [0.15, 0.2) is 24.4 Å². The fourth-order valence-electron chi connectivity index (χ4n) is 3.43. The average molecular weight is 355 g/mol. The molecule has 0 saturated carbocycles. The molecule has 6 nitrogen and oxygen atoms in total. The van der Waals surface area contributed by atoms with Crippen LogP contribution in [0.25, 0.3) is 10.9 Å². The first-order valence-electron chi connectivity index (χ1n) is 9.15. The Bertz CT molecular complexity index is 813. The number of carboxylic acid groups (broad SMARTS) is 1. The molecule has 26 heavy (non-hydrogen) atoms. The molecule has 2 aromatic rings. The molecule has 1 fully saturated rings. The number of amides is 1. The van der Waals surface area contributed by atoms with Crippen molar-refractivity contribution in [2.45, 2.75) is 45.6 Å². The van der Waals surface area contributed by atoms with Crippen molar-refractivity contribution >= 4 is 28.5 Å². The van der Waals surface area contributed by atoms with Crippen LogP contribution in [0, 0.1) is 6.92 Å². The normalized spacial score (nSPS) is 14.7. The molecule has 0 spiro atoms. The van der Waals surface area contributed by atoms with Crippen LogP contribution < -0.4 is 5.32 Å². The molecular weight excluding hydrogens is 330 g/mol. The Morgan fingerprint density at radius 3 is 2.73 bits per heavy atom. The molecule has 2 N–H and O–H groups in total. The second kappa shape index (κ2) is 8.27. The highest BCUT2D eigenvalue weighted by molar-refractivity contribution is 5.95. The molecule has 0 unspecified atom stereocenters. The minimum Gasteiger partial charge on any atom is -0.481 e. The lowest BCUT2D eigenvalue weighted by atomic mass is 10.1. The van der Waals surface area contributed by atoms with Gasteiger partial charge in [-0.15, -0.1) is 0 Å². The smallest absolute Gasteiger partial charge is 0.303 e. The number of aromatic nitrogens is 1. The molecule has 1 aromatic heterocycles. The molecule has 1 aliphatic heterocycles. The predicted octanol–water partition coefficient (Wildman–Crippen LogP) is 3.33. The summed E-state index contributed by atoms with van der Waals surface area (Å²) in [5.41, 5.74) is 3.77. The van der Waals surface area contributed by atoms with Crippen LogP contribution in [0.1, 0.15) is 43.2 Å². The van der Waals surface area contributed by atoms with Gasteiger partial charge in [-0.25, -0.2) is 0 Å². The number of carbonyl (C=O) groups excluding carboxylic acids is 1. The lowest BCUT2D eigenvalue weighted by Crippen LogP contribution is -2.18. The predicted molar refractivity (Wildman–Crippen MR) is 101 cm³/mol. The minimum atomic E-state index is -0.881. The number of pyridine rings is 1. The van der Waals surface area contributed by atoms with Gasteiger partial charge in [0, 0.05) is 36.7 Å². The average Bonchev–Trinajstić information content (AvgIpc) is 3.10. The van der Waals surface area contributed by atoms with Crippen molar-refractivity contribution in [3.05, 3.63) is 35.5 Å². The zero-order chi connectivity index (χ0) is 18.5. The van der Waals surface area contributed by atoms with Crippen molar-refractivity contribution in [2.75, 3.05) is 18.4 Å². The third-order valence-electron chi connectivity index (χ3n) is 4.84. The number of anilines is 1. The third-order valence-corrected chi connectivity index (χ3v) is 4.84. The Morgan fingerprint density at radius 2 is 2.00 bits per heavy atom. The molecule has 1 aromatic carbocycles. The van der Waals surface area contributed by atoms with Crippen molar-refractivity contribution < 1.29 is 14.7 Å². The van der Waals surface area contributed by atoms with Gasteiger partial charge in [0.05, 0.1) is 5.52 Å². The Labute approximate surface area is 153 Å². The van der Waals surface area contributed by atoms with Crippen LogP contribution in [0.2, 0.25) is 0 Å². The molecule has 3 rings (SSSR count). The van der Waals surface area contributed by atoms with Crippen LogP contribution >= 0.6 is 0 Å². The molecule has 0 radical (unpaired) electrons. The number of rotatable bonds is 7. The fraction of sp³-hybridized carbons (Fsp3) is 0.450. The molecule has 0 bridgehead atoms. The number of benzene rings is 1. The highest BCUT2D eigenvalue weighted by Crippen LogP contribution is 2.25. The van der Waals surface area contributed by atoms with E-state index in [0.717, 1.165) is 41.8 Å². The minimum absolute atomic E-state index is 0.00543. The Hall–Kier alpha value is -2.47. The lowest BCUT2D eigenvalue weighted by molar-refractivity contribution is -0.137. The highest BCUT2D eigenvalue weighted by Gasteiger charge is 2.13. The topological polar surface area (TPSA) is 82.5 Å². The zero-order valence-corrected chi connectivity index (χ0v) is 15.1. The molecule has 1 aliphatic rings. The van der Waals surface area contributed by atoms with Crippen LogP contribution in [0.3, 0.4) is 0 Å². The largest absolute Gasteiger partial charge is 0.481 e. The molecule has 1 amide bonds.